The summed E-state index contributed by atoms with van der Waals surface area (Å²) >= 11 is 0. The fourth-order valence-electron chi connectivity index (χ4n) is 2.36. The maximum atomic E-state index is 5.45. The molecule has 2 aromatic rings. The molecule has 108 valence electrons. The summed E-state index contributed by atoms with van der Waals surface area (Å²) in [6, 6.07) is 11.3. The summed E-state index contributed by atoms with van der Waals surface area (Å²) in [5.41, 5.74) is 3.94. The first-order valence-corrected chi connectivity index (χ1v) is 7.41. The van der Waals surface area contributed by atoms with E-state index < -0.39 is 0 Å². The first-order chi connectivity index (χ1) is 9.56. The van der Waals surface area contributed by atoms with Gasteiger partial charge in [0.15, 0.2) is 0 Å². The molecule has 0 aliphatic heterocycles. The third kappa shape index (κ3) is 3.97. The Balaban J connectivity index is 1.92. The average molecular weight is 271 g/mol. The van der Waals surface area contributed by atoms with Gasteiger partial charge in [0.2, 0.25) is 0 Å². The number of nitrogens with one attached hydrogen (secondary N) is 1. The van der Waals surface area contributed by atoms with Gasteiger partial charge in [-0.2, -0.15) is 0 Å². The first-order valence-electron chi connectivity index (χ1n) is 7.41. The molecule has 1 heterocycles. The van der Waals surface area contributed by atoms with Gasteiger partial charge in [-0.1, -0.05) is 38.1 Å². The lowest BCUT2D eigenvalue weighted by atomic mass is 10.00. The molecule has 1 aromatic heterocycles. The highest BCUT2D eigenvalue weighted by atomic mass is 16.3. The quantitative estimate of drug-likeness (QED) is 0.828. The Hall–Kier alpha value is -1.54. The summed E-state index contributed by atoms with van der Waals surface area (Å²) in [7, 11) is 0. The Morgan fingerprint density at radius 1 is 1.05 bits per heavy atom. The molecule has 1 unspecified atom stereocenters. The van der Waals surface area contributed by atoms with Crippen molar-refractivity contribution in [3.8, 4) is 0 Å². The van der Waals surface area contributed by atoms with Crippen LogP contribution in [0.5, 0.6) is 0 Å². The SMILES string of the molecule is Cc1ccoc1CNC(C)c1ccc(CC(C)C)cc1. The summed E-state index contributed by atoms with van der Waals surface area (Å²) in [5, 5.41) is 3.51. The van der Waals surface area contributed by atoms with Crippen molar-refractivity contribution in [2.45, 2.75) is 46.7 Å². The summed E-state index contributed by atoms with van der Waals surface area (Å²) in [6.07, 6.45) is 2.89. The second kappa shape index (κ2) is 6.76. The molecule has 0 saturated heterocycles. The zero-order chi connectivity index (χ0) is 14.5. The fourth-order valence-corrected chi connectivity index (χ4v) is 2.36. The van der Waals surface area contributed by atoms with Crippen molar-refractivity contribution < 1.29 is 4.42 Å². The molecule has 2 rings (SSSR count). The number of benzene rings is 1. The molecule has 1 atom stereocenters. The topological polar surface area (TPSA) is 25.2 Å². The predicted octanol–water partition coefficient (Wildman–Crippen LogP) is 4.64. The van der Waals surface area contributed by atoms with Crippen molar-refractivity contribution in [2.75, 3.05) is 0 Å². The fraction of sp³-hybridized carbons (Fsp3) is 0.444. The van der Waals surface area contributed by atoms with Gasteiger partial charge in [-0.15, -0.1) is 0 Å². The Labute approximate surface area is 122 Å². The molecule has 0 radical (unpaired) electrons. The molecule has 0 aliphatic rings. The van der Waals surface area contributed by atoms with Crippen LogP contribution in [-0.4, -0.2) is 0 Å². The van der Waals surface area contributed by atoms with Crippen LogP contribution in [0, 0.1) is 12.8 Å². The normalized spacial score (nSPS) is 12.8. The smallest absolute Gasteiger partial charge is 0.120 e. The van der Waals surface area contributed by atoms with Crippen molar-refractivity contribution >= 4 is 0 Å². The third-order valence-electron chi connectivity index (χ3n) is 3.66. The van der Waals surface area contributed by atoms with Crippen LogP contribution < -0.4 is 5.32 Å². The Morgan fingerprint density at radius 3 is 2.30 bits per heavy atom. The molecule has 2 nitrogen and oxygen atoms in total. The highest BCUT2D eigenvalue weighted by Gasteiger charge is 2.08. The van der Waals surface area contributed by atoms with Gasteiger partial charge in [0.1, 0.15) is 5.76 Å². The minimum Gasteiger partial charge on any atom is -0.468 e. The first kappa shape index (κ1) is 14.9. The number of hydrogen-bond acceptors (Lipinski definition) is 2. The van der Waals surface area contributed by atoms with Crippen LogP contribution in [0.1, 0.15) is 49.3 Å². The number of aryl methyl sites for hydroxylation is 1. The Morgan fingerprint density at radius 2 is 1.75 bits per heavy atom. The highest BCUT2D eigenvalue weighted by Crippen LogP contribution is 2.17. The monoisotopic (exact) mass is 271 g/mol. The van der Waals surface area contributed by atoms with E-state index in [9.17, 15) is 0 Å². The maximum Gasteiger partial charge on any atom is 0.120 e. The van der Waals surface area contributed by atoms with Crippen molar-refractivity contribution in [2.24, 2.45) is 5.92 Å². The molecular formula is C18H25NO. The second-order valence-corrected chi connectivity index (χ2v) is 5.97. The molecule has 1 N–H and O–H groups in total. The minimum atomic E-state index is 0.326. The van der Waals surface area contributed by atoms with E-state index in [0.717, 1.165) is 18.7 Å². The summed E-state index contributed by atoms with van der Waals surface area (Å²) in [4.78, 5) is 0. The zero-order valence-electron chi connectivity index (χ0n) is 12.9. The average Bonchev–Trinajstić information content (AvgIpc) is 2.82. The molecule has 0 amide bonds. The van der Waals surface area contributed by atoms with E-state index in [0.29, 0.717) is 12.0 Å². The molecule has 0 bridgehead atoms. The molecule has 0 fully saturated rings. The molecule has 1 aromatic carbocycles. The second-order valence-electron chi connectivity index (χ2n) is 5.97. The van der Waals surface area contributed by atoms with Gasteiger partial charge in [0.05, 0.1) is 12.8 Å². The summed E-state index contributed by atoms with van der Waals surface area (Å²) in [6.45, 7) is 9.54. The number of rotatable bonds is 6. The van der Waals surface area contributed by atoms with Crippen LogP contribution in [0.2, 0.25) is 0 Å². The molecular weight excluding hydrogens is 246 g/mol. The largest absolute Gasteiger partial charge is 0.468 e. The number of furan rings is 1. The zero-order valence-corrected chi connectivity index (χ0v) is 12.9. The van der Waals surface area contributed by atoms with Gasteiger partial charge in [-0.25, -0.2) is 0 Å². The van der Waals surface area contributed by atoms with E-state index in [4.69, 9.17) is 4.42 Å². The maximum absolute atomic E-state index is 5.45. The van der Waals surface area contributed by atoms with Crippen LogP contribution >= 0.6 is 0 Å². The Bertz CT molecular complexity index is 525. The highest BCUT2D eigenvalue weighted by molar-refractivity contribution is 5.25. The van der Waals surface area contributed by atoms with E-state index in [1.807, 2.05) is 6.07 Å². The molecule has 0 aliphatic carbocycles. The van der Waals surface area contributed by atoms with Crippen molar-refractivity contribution in [1.29, 1.82) is 0 Å². The van der Waals surface area contributed by atoms with Crippen LogP contribution in [-0.2, 0) is 13.0 Å². The predicted molar refractivity (Wildman–Crippen MR) is 83.7 cm³/mol. The molecule has 0 spiro atoms. The van der Waals surface area contributed by atoms with E-state index in [2.05, 4.69) is 57.3 Å². The van der Waals surface area contributed by atoms with Gasteiger partial charge in [-0.05, 0) is 48.9 Å². The van der Waals surface area contributed by atoms with Gasteiger partial charge in [-0.3, -0.25) is 0 Å². The Kier molecular flexibility index (Phi) is 5.02. The van der Waals surface area contributed by atoms with Crippen LogP contribution in [0.15, 0.2) is 41.0 Å². The number of hydrogen-bond donors (Lipinski definition) is 1. The standard InChI is InChI=1S/C18H25NO/c1-13(2)11-16-5-7-17(8-6-16)15(4)19-12-18-14(3)9-10-20-18/h5-10,13,15,19H,11-12H2,1-4H3. The lowest BCUT2D eigenvalue weighted by molar-refractivity contribution is 0.458. The van der Waals surface area contributed by atoms with Crippen LogP contribution in [0.25, 0.3) is 0 Å². The summed E-state index contributed by atoms with van der Waals surface area (Å²) in [5.74, 6) is 1.73. The molecule has 0 saturated carbocycles. The van der Waals surface area contributed by atoms with E-state index in [1.54, 1.807) is 6.26 Å². The van der Waals surface area contributed by atoms with Crippen LogP contribution in [0.4, 0.5) is 0 Å². The van der Waals surface area contributed by atoms with E-state index in [-0.39, 0.29) is 0 Å². The summed E-state index contributed by atoms with van der Waals surface area (Å²) < 4.78 is 5.45. The van der Waals surface area contributed by atoms with E-state index >= 15 is 0 Å². The van der Waals surface area contributed by atoms with Gasteiger partial charge < -0.3 is 9.73 Å². The van der Waals surface area contributed by atoms with Crippen LogP contribution in [0.3, 0.4) is 0 Å². The molecule has 20 heavy (non-hydrogen) atoms. The van der Waals surface area contributed by atoms with Gasteiger partial charge >= 0.3 is 0 Å². The van der Waals surface area contributed by atoms with E-state index in [1.165, 1.54) is 16.7 Å². The lowest BCUT2D eigenvalue weighted by Gasteiger charge is -2.14. The third-order valence-corrected chi connectivity index (χ3v) is 3.66. The molecule has 2 heteroatoms. The van der Waals surface area contributed by atoms with Gasteiger partial charge in [0.25, 0.3) is 0 Å². The lowest BCUT2D eigenvalue weighted by Crippen LogP contribution is -2.18. The van der Waals surface area contributed by atoms with Crippen molar-refractivity contribution in [3.05, 3.63) is 59.0 Å². The minimum absolute atomic E-state index is 0.326. The van der Waals surface area contributed by atoms with Crippen molar-refractivity contribution in [1.82, 2.24) is 5.32 Å². The van der Waals surface area contributed by atoms with Crippen molar-refractivity contribution in [3.63, 3.8) is 0 Å². The van der Waals surface area contributed by atoms with Gasteiger partial charge in [0, 0.05) is 6.04 Å².